The van der Waals surface area contributed by atoms with Gasteiger partial charge in [0.05, 0.1) is 5.69 Å². The maximum Gasteiger partial charge on any atom is 0.113 e. The minimum Gasteiger partial charge on any atom is -0.310 e. The molecule has 0 aliphatic carbocycles. The summed E-state index contributed by atoms with van der Waals surface area (Å²) in [5.41, 5.74) is 8.89. The molecular formula is C42H31NSSi. The van der Waals surface area contributed by atoms with Crippen molar-refractivity contribution in [3.05, 3.63) is 152 Å². The van der Waals surface area contributed by atoms with Crippen LogP contribution in [0.5, 0.6) is 0 Å². The van der Waals surface area contributed by atoms with Crippen LogP contribution in [0.3, 0.4) is 0 Å². The van der Waals surface area contributed by atoms with Gasteiger partial charge in [0.1, 0.15) is 8.07 Å². The Morgan fingerprint density at radius 2 is 1.18 bits per heavy atom. The van der Waals surface area contributed by atoms with Gasteiger partial charge in [0.15, 0.2) is 0 Å². The maximum absolute atomic E-state index is 2.52. The van der Waals surface area contributed by atoms with Gasteiger partial charge < -0.3 is 4.90 Å². The van der Waals surface area contributed by atoms with Crippen LogP contribution in [-0.2, 0) is 0 Å². The molecule has 0 atom stereocenters. The molecule has 0 saturated carbocycles. The van der Waals surface area contributed by atoms with E-state index in [0.717, 1.165) is 5.69 Å². The van der Waals surface area contributed by atoms with E-state index in [1.165, 1.54) is 69.8 Å². The highest BCUT2D eigenvalue weighted by Gasteiger charge is 2.41. The lowest BCUT2D eigenvalue weighted by Gasteiger charge is -2.29. The molecule has 1 aliphatic heterocycles. The third-order valence-electron chi connectivity index (χ3n) is 9.65. The molecule has 0 amide bonds. The fourth-order valence-electron chi connectivity index (χ4n) is 7.43. The molecule has 3 heteroatoms. The van der Waals surface area contributed by atoms with Crippen LogP contribution in [0.25, 0.3) is 53.2 Å². The molecule has 1 nitrogen and oxygen atoms in total. The number of hydrogen-bond donors (Lipinski definition) is 0. The molecule has 1 aromatic heterocycles. The van der Waals surface area contributed by atoms with Crippen LogP contribution in [0.2, 0.25) is 13.1 Å². The van der Waals surface area contributed by atoms with Crippen LogP contribution < -0.4 is 15.3 Å². The van der Waals surface area contributed by atoms with Crippen molar-refractivity contribution >= 4 is 77.8 Å². The third-order valence-corrected chi connectivity index (χ3v) is 14.3. The van der Waals surface area contributed by atoms with Crippen molar-refractivity contribution in [1.29, 1.82) is 0 Å². The van der Waals surface area contributed by atoms with Crippen molar-refractivity contribution in [1.82, 2.24) is 0 Å². The van der Waals surface area contributed by atoms with E-state index in [1.54, 1.807) is 5.19 Å². The molecule has 0 unspecified atom stereocenters. The van der Waals surface area contributed by atoms with Gasteiger partial charge in [0.25, 0.3) is 0 Å². The van der Waals surface area contributed by atoms with E-state index >= 15 is 0 Å². The molecule has 9 rings (SSSR count). The highest BCUT2D eigenvalue weighted by Crippen LogP contribution is 2.48. The molecule has 214 valence electrons. The van der Waals surface area contributed by atoms with Gasteiger partial charge in [-0.1, -0.05) is 116 Å². The Labute approximate surface area is 268 Å². The van der Waals surface area contributed by atoms with Crippen LogP contribution in [0, 0.1) is 0 Å². The molecule has 0 N–H and O–H groups in total. The van der Waals surface area contributed by atoms with Gasteiger partial charge in [-0.25, -0.2) is 0 Å². The lowest BCUT2D eigenvalue weighted by molar-refractivity contribution is 1.29. The average molecular weight is 610 g/mol. The molecule has 45 heavy (non-hydrogen) atoms. The summed E-state index contributed by atoms with van der Waals surface area (Å²) in [7, 11) is -1.94. The van der Waals surface area contributed by atoms with Crippen molar-refractivity contribution in [2.45, 2.75) is 13.1 Å². The minimum atomic E-state index is -1.94. The van der Waals surface area contributed by atoms with Crippen LogP contribution in [-0.4, -0.2) is 8.07 Å². The van der Waals surface area contributed by atoms with E-state index in [9.17, 15) is 0 Å². The van der Waals surface area contributed by atoms with E-state index in [4.69, 9.17) is 0 Å². The number of para-hydroxylation sites is 1. The zero-order valence-corrected chi connectivity index (χ0v) is 27.1. The lowest BCUT2D eigenvalue weighted by Crippen LogP contribution is -2.49. The highest BCUT2D eigenvalue weighted by atomic mass is 32.1. The molecule has 0 radical (unpaired) electrons. The van der Waals surface area contributed by atoms with E-state index < -0.39 is 8.07 Å². The molecule has 8 aromatic rings. The van der Waals surface area contributed by atoms with Crippen molar-refractivity contribution in [3.63, 3.8) is 0 Å². The second-order valence-electron chi connectivity index (χ2n) is 12.6. The second kappa shape index (κ2) is 10.0. The predicted molar refractivity (Wildman–Crippen MR) is 199 cm³/mol. The monoisotopic (exact) mass is 609 g/mol. The Morgan fingerprint density at radius 3 is 2.02 bits per heavy atom. The molecule has 0 fully saturated rings. The van der Waals surface area contributed by atoms with Gasteiger partial charge in [-0.2, -0.15) is 0 Å². The Kier molecular flexibility index (Phi) is 5.89. The average Bonchev–Trinajstić information content (AvgIpc) is 3.58. The Balaban J connectivity index is 1.26. The fourth-order valence-corrected chi connectivity index (χ4v) is 11.6. The first-order valence-corrected chi connectivity index (χ1v) is 19.4. The van der Waals surface area contributed by atoms with Gasteiger partial charge in [0, 0.05) is 37.1 Å². The first-order chi connectivity index (χ1) is 22.1. The van der Waals surface area contributed by atoms with Crippen molar-refractivity contribution in [2.75, 3.05) is 4.90 Å². The van der Waals surface area contributed by atoms with Crippen molar-refractivity contribution < 1.29 is 0 Å². The van der Waals surface area contributed by atoms with E-state index in [2.05, 4.69) is 170 Å². The summed E-state index contributed by atoms with van der Waals surface area (Å²) in [4.78, 5) is 2.47. The highest BCUT2D eigenvalue weighted by molar-refractivity contribution is 7.26. The first-order valence-electron chi connectivity index (χ1n) is 15.6. The summed E-state index contributed by atoms with van der Waals surface area (Å²) in [5.74, 6) is 0. The molecule has 0 spiro atoms. The topological polar surface area (TPSA) is 3.24 Å². The van der Waals surface area contributed by atoms with Crippen molar-refractivity contribution in [2.24, 2.45) is 0 Å². The summed E-state index contributed by atoms with van der Waals surface area (Å²) in [6.07, 6.45) is 0. The van der Waals surface area contributed by atoms with Crippen LogP contribution >= 0.6 is 11.3 Å². The zero-order chi connectivity index (χ0) is 30.1. The lowest BCUT2D eigenvalue weighted by atomic mass is 9.96. The largest absolute Gasteiger partial charge is 0.310 e. The van der Waals surface area contributed by atoms with Crippen LogP contribution in [0.1, 0.15) is 0 Å². The number of benzene rings is 7. The Hall–Kier alpha value is -4.96. The maximum atomic E-state index is 2.52. The summed E-state index contributed by atoms with van der Waals surface area (Å²) < 4.78 is 2.73. The summed E-state index contributed by atoms with van der Waals surface area (Å²) in [6, 6.07) is 56.0. The van der Waals surface area contributed by atoms with E-state index in [1.807, 2.05) is 11.3 Å². The van der Waals surface area contributed by atoms with E-state index in [0.29, 0.717) is 0 Å². The molecular weight excluding hydrogens is 579 g/mol. The summed E-state index contributed by atoms with van der Waals surface area (Å²) >= 11 is 1.91. The number of fused-ring (bicyclic) bond motifs is 8. The van der Waals surface area contributed by atoms with Gasteiger partial charge in [-0.3, -0.25) is 0 Å². The molecule has 0 bridgehead atoms. The van der Waals surface area contributed by atoms with Gasteiger partial charge in [-0.05, 0) is 86.4 Å². The number of thiophene rings is 1. The van der Waals surface area contributed by atoms with Crippen molar-refractivity contribution in [3.8, 4) is 22.3 Å². The summed E-state index contributed by atoms with van der Waals surface area (Å²) in [5, 5.41) is 8.38. The predicted octanol–water partition coefficient (Wildman–Crippen LogP) is 11.1. The smallest absolute Gasteiger partial charge is 0.113 e. The molecule has 1 aliphatic rings. The van der Waals surface area contributed by atoms with Gasteiger partial charge in [-0.15, -0.1) is 11.3 Å². The number of rotatable bonds is 4. The number of nitrogens with zero attached hydrogens (tertiary/aromatic N) is 1. The zero-order valence-electron chi connectivity index (χ0n) is 25.3. The summed E-state index contributed by atoms with van der Waals surface area (Å²) in [6.45, 7) is 5.04. The number of anilines is 3. The minimum absolute atomic E-state index is 1.16. The van der Waals surface area contributed by atoms with Gasteiger partial charge >= 0.3 is 0 Å². The molecule has 0 saturated heterocycles. The standard InChI is InChI=1S/C42H31NSSi/c1-45(2)38-18-10-16-35(41(38)42-39(45)26-25-37-40(42)34-15-8-9-17-36(34)44-37)43(32-13-4-3-5-14-32)33-23-21-29(22-24-33)31-20-19-28-11-6-7-12-30(28)27-31/h3-27H,1-2H3. The quantitative estimate of drug-likeness (QED) is 0.179. The SMILES string of the molecule is C[Si]1(C)c2cccc(N(c3ccccc3)c3ccc(-c4ccc5ccccc5c4)cc3)c2-c2c1ccc1sc3ccccc3c21. The Morgan fingerprint density at radius 1 is 0.489 bits per heavy atom. The Bertz CT molecular complexity index is 2400. The second-order valence-corrected chi connectivity index (χ2v) is 18.0. The fraction of sp³-hybridized carbons (Fsp3) is 0.0476. The van der Waals surface area contributed by atoms with Crippen LogP contribution in [0.15, 0.2) is 152 Å². The number of hydrogen-bond acceptors (Lipinski definition) is 2. The first kappa shape index (κ1) is 26.4. The van der Waals surface area contributed by atoms with E-state index in [-0.39, 0.29) is 0 Å². The third kappa shape index (κ3) is 4.05. The van der Waals surface area contributed by atoms with Gasteiger partial charge in [0.2, 0.25) is 0 Å². The molecule has 7 aromatic carbocycles. The normalized spacial score (nSPS) is 13.3. The molecule has 2 heterocycles. The van der Waals surface area contributed by atoms with Crippen LogP contribution in [0.4, 0.5) is 17.1 Å².